The normalized spacial score (nSPS) is 10.6. The first kappa shape index (κ1) is 18.5. The molecule has 0 saturated heterocycles. The number of hydrogen-bond acceptors (Lipinski definition) is 4. The Balaban J connectivity index is 2.46. The highest BCUT2D eigenvalue weighted by atomic mass is 16.5. The Morgan fingerprint density at radius 3 is 1.55 bits per heavy atom. The zero-order valence-corrected chi connectivity index (χ0v) is 14.2. The van der Waals surface area contributed by atoms with Crippen LogP contribution >= 0.6 is 0 Å². The molecule has 1 aromatic carbocycles. The third kappa shape index (κ3) is 6.92. The molecule has 0 bridgehead atoms. The number of anilines is 2. The lowest BCUT2D eigenvalue weighted by Crippen LogP contribution is -2.05. The molecule has 0 aliphatic heterocycles. The topological polar surface area (TPSA) is 70.5 Å². The number of ether oxygens (including phenoxy) is 2. The van der Waals surface area contributed by atoms with Gasteiger partial charge in [0.25, 0.3) is 0 Å². The number of nitrogen functional groups attached to an aromatic ring is 2. The van der Waals surface area contributed by atoms with Crippen molar-refractivity contribution in [2.24, 2.45) is 0 Å². The third-order valence-electron chi connectivity index (χ3n) is 3.65. The van der Waals surface area contributed by atoms with E-state index in [-0.39, 0.29) is 0 Å². The van der Waals surface area contributed by atoms with Crippen LogP contribution in [0.4, 0.5) is 11.4 Å². The molecule has 0 aliphatic rings. The van der Waals surface area contributed by atoms with Gasteiger partial charge < -0.3 is 20.9 Å². The molecule has 0 heterocycles. The summed E-state index contributed by atoms with van der Waals surface area (Å²) >= 11 is 0. The molecule has 0 aromatic heterocycles. The molecule has 4 nitrogen and oxygen atoms in total. The van der Waals surface area contributed by atoms with Crippen molar-refractivity contribution >= 4 is 11.4 Å². The fourth-order valence-electron chi connectivity index (χ4n) is 2.27. The first-order chi connectivity index (χ1) is 10.7. The van der Waals surface area contributed by atoms with Crippen molar-refractivity contribution in [2.75, 3.05) is 24.7 Å². The molecular weight excluding hydrogens is 276 g/mol. The largest absolute Gasteiger partial charge is 0.491 e. The zero-order chi connectivity index (χ0) is 16.2. The highest BCUT2D eigenvalue weighted by Crippen LogP contribution is 2.33. The summed E-state index contributed by atoms with van der Waals surface area (Å²) in [5.41, 5.74) is 13.1. The second kappa shape index (κ2) is 11.0. The molecule has 126 valence electrons. The van der Waals surface area contributed by atoms with Gasteiger partial charge in [-0.25, -0.2) is 0 Å². The molecule has 0 radical (unpaired) electrons. The van der Waals surface area contributed by atoms with Crippen molar-refractivity contribution in [3.63, 3.8) is 0 Å². The van der Waals surface area contributed by atoms with Gasteiger partial charge in [-0.1, -0.05) is 52.4 Å². The van der Waals surface area contributed by atoms with Crippen LogP contribution in [0.15, 0.2) is 12.1 Å². The first-order valence-electron chi connectivity index (χ1n) is 8.63. The summed E-state index contributed by atoms with van der Waals surface area (Å²) in [5, 5.41) is 0. The fraction of sp³-hybridized carbons (Fsp3) is 0.667. The smallest absolute Gasteiger partial charge is 0.146 e. The van der Waals surface area contributed by atoms with Crippen molar-refractivity contribution < 1.29 is 9.47 Å². The van der Waals surface area contributed by atoms with Gasteiger partial charge in [0.1, 0.15) is 11.5 Å². The number of rotatable bonds is 12. The van der Waals surface area contributed by atoms with Gasteiger partial charge in [-0.2, -0.15) is 0 Å². The molecule has 0 spiro atoms. The molecule has 4 heteroatoms. The number of hydrogen-bond donors (Lipinski definition) is 2. The van der Waals surface area contributed by atoms with Crippen LogP contribution in [-0.4, -0.2) is 13.2 Å². The van der Waals surface area contributed by atoms with Crippen LogP contribution in [0.25, 0.3) is 0 Å². The van der Waals surface area contributed by atoms with Crippen LogP contribution < -0.4 is 20.9 Å². The van der Waals surface area contributed by atoms with Gasteiger partial charge in [-0.15, -0.1) is 0 Å². The summed E-state index contributed by atoms with van der Waals surface area (Å²) in [4.78, 5) is 0. The molecule has 0 atom stereocenters. The summed E-state index contributed by atoms with van der Waals surface area (Å²) in [6.45, 7) is 5.76. The van der Waals surface area contributed by atoms with Crippen molar-refractivity contribution in [2.45, 2.75) is 65.2 Å². The molecule has 0 aliphatic carbocycles. The Kier molecular flexibility index (Phi) is 9.28. The van der Waals surface area contributed by atoms with Gasteiger partial charge >= 0.3 is 0 Å². The summed E-state index contributed by atoms with van der Waals surface area (Å²) in [5.74, 6) is 1.35. The fourth-order valence-corrected chi connectivity index (χ4v) is 2.27. The first-order valence-corrected chi connectivity index (χ1v) is 8.63. The van der Waals surface area contributed by atoms with E-state index in [4.69, 9.17) is 20.9 Å². The van der Waals surface area contributed by atoms with E-state index in [0.717, 1.165) is 12.8 Å². The lowest BCUT2D eigenvalue weighted by atomic mass is 10.2. The van der Waals surface area contributed by atoms with Crippen LogP contribution in [0.5, 0.6) is 11.5 Å². The van der Waals surface area contributed by atoms with E-state index >= 15 is 0 Å². The molecule has 1 aromatic rings. The minimum Gasteiger partial charge on any atom is -0.491 e. The molecule has 0 unspecified atom stereocenters. The zero-order valence-electron chi connectivity index (χ0n) is 14.2. The summed E-state index contributed by atoms with van der Waals surface area (Å²) in [7, 11) is 0. The van der Waals surface area contributed by atoms with Gasteiger partial charge in [0, 0.05) is 6.07 Å². The van der Waals surface area contributed by atoms with Gasteiger partial charge in [-0.3, -0.25) is 0 Å². The summed E-state index contributed by atoms with van der Waals surface area (Å²) in [6, 6.07) is 3.55. The average Bonchev–Trinajstić information content (AvgIpc) is 2.50. The van der Waals surface area contributed by atoms with E-state index in [2.05, 4.69) is 13.8 Å². The van der Waals surface area contributed by atoms with Gasteiger partial charge in [0.05, 0.1) is 24.6 Å². The predicted octanol–water partition coefficient (Wildman–Crippen LogP) is 4.77. The highest BCUT2D eigenvalue weighted by Gasteiger charge is 2.08. The SMILES string of the molecule is CCCCCCOc1cc(OCCCCCC)c(N)cc1N. The van der Waals surface area contributed by atoms with E-state index in [1.54, 1.807) is 6.07 Å². The second-order valence-electron chi connectivity index (χ2n) is 5.75. The van der Waals surface area contributed by atoms with Gasteiger partial charge in [0.15, 0.2) is 0 Å². The Bertz CT molecular complexity index is 387. The van der Waals surface area contributed by atoms with Crippen LogP contribution in [0.1, 0.15) is 65.2 Å². The molecule has 0 fully saturated rings. The molecule has 1 rings (SSSR count). The van der Waals surface area contributed by atoms with E-state index in [1.165, 1.54) is 38.5 Å². The Morgan fingerprint density at radius 1 is 0.682 bits per heavy atom. The van der Waals surface area contributed by atoms with E-state index in [1.807, 2.05) is 6.07 Å². The standard InChI is InChI=1S/C18H32N2O2/c1-3-5-7-9-11-21-17-14-18(16(20)13-15(17)19)22-12-10-8-6-4-2/h13-14H,3-12,19-20H2,1-2H3. The molecule has 4 N–H and O–H groups in total. The number of nitrogens with two attached hydrogens (primary N) is 2. The predicted molar refractivity (Wildman–Crippen MR) is 94.5 cm³/mol. The Hall–Kier alpha value is -1.58. The molecular formula is C18H32N2O2. The summed E-state index contributed by atoms with van der Waals surface area (Å²) in [6.07, 6.45) is 9.40. The van der Waals surface area contributed by atoms with Crippen LogP contribution in [0.2, 0.25) is 0 Å². The third-order valence-corrected chi connectivity index (χ3v) is 3.65. The monoisotopic (exact) mass is 308 g/mol. The number of unbranched alkanes of at least 4 members (excludes halogenated alkanes) is 6. The second-order valence-corrected chi connectivity index (χ2v) is 5.75. The van der Waals surface area contributed by atoms with Crippen LogP contribution in [0.3, 0.4) is 0 Å². The minimum absolute atomic E-state index is 0.575. The molecule has 22 heavy (non-hydrogen) atoms. The quantitative estimate of drug-likeness (QED) is 0.431. The van der Waals surface area contributed by atoms with Gasteiger partial charge in [-0.05, 0) is 18.9 Å². The number of benzene rings is 1. The van der Waals surface area contributed by atoms with Crippen molar-refractivity contribution in [3.05, 3.63) is 12.1 Å². The Morgan fingerprint density at radius 2 is 1.14 bits per heavy atom. The summed E-state index contributed by atoms with van der Waals surface area (Å²) < 4.78 is 11.5. The van der Waals surface area contributed by atoms with Gasteiger partial charge in [0.2, 0.25) is 0 Å². The van der Waals surface area contributed by atoms with Crippen molar-refractivity contribution in [1.29, 1.82) is 0 Å². The van der Waals surface area contributed by atoms with Crippen LogP contribution in [0, 0.1) is 0 Å². The average molecular weight is 308 g/mol. The minimum atomic E-state index is 0.575. The van der Waals surface area contributed by atoms with Crippen LogP contribution in [-0.2, 0) is 0 Å². The highest BCUT2D eigenvalue weighted by molar-refractivity contribution is 5.67. The van der Waals surface area contributed by atoms with Crippen molar-refractivity contribution in [3.8, 4) is 11.5 Å². The molecule has 0 saturated carbocycles. The van der Waals surface area contributed by atoms with E-state index < -0.39 is 0 Å². The maximum atomic E-state index is 5.97. The lowest BCUT2D eigenvalue weighted by molar-refractivity contribution is 0.292. The van der Waals surface area contributed by atoms with E-state index in [0.29, 0.717) is 36.1 Å². The molecule has 0 amide bonds. The van der Waals surface area contributed by atoms with E-state index in [9.17, 15) is 0 Å². The maximum Gasteiger partial charge on any atom is 0.146 e. The maximum absolute atomic E-state index is 5.97. The van der Waals surface area contributed by atoms with Crippen molar-refractivity contribution in [1.82, 2.24) is 0 Å². The lowest BCUT2D eigenvalue weighted by Gasteiger charge is -2.14. The Labute approximate surface area is 135 Å².